The van der Waals surface area contributed by atoms with Crippen molar-refractivity contribution >= 4 is 46.2 Å². The van der Waals surface area contributed by atoms with Crippen molar-refractivity contribution in [2.24, 2.45) is 4.99 Å². The molecule has 1 aromatic heterocycles. The smallest absolute Gasteiger partial charge is 0.382 e. The summed E-state index contributed by atoms with van der Waals surface area (Å²) >= 11 is 6.05. The van der Waals surface area contributed by atoms with Gasteiger partial charge < -0.3 is 10.6 Å². The number of allylic oxidation sites excluding steroid dienone is 1. The molecule has 168 valence electrons. The summed E-state index contributed by atoms with van der Waals surface area (Å²) in [7, 11) is 0. The number of amides is 2. The van der Waals surface area contributed by atoms with Crippen LogP contribution in [0.3, 0.4) is 0 Å². The van der Waals surface area contributed by atoms with Crippen molar-refractivity contribution < 1.29 is 22.8 Å². The average molecular weight is 465 g/mol. The first kappa shape index (κ1) is 22.3. The number of fused-ring (bicyclic) bond motifs is 1. The van der Waals surface area contributed by atoms with E-state index >= 15 is 0 Å². The Morgan fingerprint density at radius 3 is 2.50 bits per heavy atom. The molecular weight excluding hydrogens is 445 g/mol. The lowest BCUT2D eigenvalue weighted by Crippen LogP contribution is -2.41. The number of anilines is 1. The number of rotatable bonds is 4. The molecule has 2 N–H and O–H groups in total. The predicted molar refractivity (Wildman–Crippen MR) is 116 cm³/mol. The number of nitrogens with zero attached hydrogens (tertiary/aromatic N) is 2. The van der Waals surface area contributed by atoms with Crippen molar-refractivity contribution in [1.29, 1.82) is 0 Å². The Kier molecular flexibility index (Phi) is 6.19. The van der Waals surface area contributed by atoms with Crippen LogP contribution in [0.1, 0.15) is 37.8 Å². The van der Waals surface area contributed by atoms with Crippen LogP contribution in [0.15, 0.2) is 40.9 Å². The number of alkyl halides is 3. The van der Waals surface area contributed by atoms with Crippen LogP contribution in [-0.2, 0) is 15.8 Å². The second kappa shape index (κ2) is 8.90. The number of aromatic nitrogens is 1. The molecule has 1 aromatic carbocycles. The van der Waals surface area contributed by atoms with E-state index in [2.05, 4.69) is 20.6 Å². The molecule has 6 nitrogen and oxygen atoms in total. The number of halogens is 4. The fraction of sp³-hybridized carbons (Fsp3) is 0.364. The van der Waals surface area contributed by atoms with Gasteiger partial charge in [0.2, 0.25) is 11.8 Å². The average Bonchev–Trinajstić information content (AvgIpc) is 2.74. The first-order valence-corrected chi connectivity index (χ1v) is 10.6. The second-order valence-corrected chi connectivity index (χ2v) is 8.36. The number of carbonyl (C=O) groups is 2. The molecule has 0 spiro atoms. The Morgan fingerprint density at radius 1 is 1.09 bits per heavy atom. The minimum Gasteiger partial charge on any atom is -0.382 e. The van der Waals surface area contributed by atoms with E-state index < -0.39 is 11.9 Å². The zero-order chi connectivity index (χ0) is 22.9. The van der Waals surface area contributed by atoms with E-state index in [-0.39, 0.29) is 35.8 Å². The fourth-order valence-electron chi connectivity index (χ4n) is 3.98. The number of pyridine rings is 1. The predicted octanol–water partition coefficient (Wildman–Crippen LogP) is 4.67. The van der Waals surface area contributed by atoms with E-state index in [1.807, 2.05) is 0 Å². The summed E-state index contributed by atoms with van der Waals surface area (Å²) in [5.74, 6) is -0.640. The minimum absolute atomic E-state index is 0.0154. The van der Waals surface area contributed by atoms with Gasteiger partial charge in [0.1, 0.15) is 5.69 Å². The topological polar surface area (TPSA) is 83.5 Å². The van der Waals surface area contributed by atoms with Crippen LogP contribution in [-0.4, -0.2) is 35.1 Å². The van der Waals surface area contributed by atoms with Crippen LogP contribution >= 0.6 is 11.6 Å². The summed E-state index contributed by atoms with van der Waals surface area (Å²) in [6, 6.07) is 5.47. The molecule has 0 saturated heterocycles. The normalized spacial score (nSPS) is 21.4. The first-order valence-electron chi connectivity index (χ1n) is 10.2. The zero-order valence-corrected chi connectivity index (χ0v) is 17.6. The van der Waals surface area contributed by atoms with Crippen LogP contribution in [0, 0.1) is 0 Å². The lowest BCUT2D eigenvalue weighted by atomic mass is 9.90. The lowest BCUT2D eigenvalue weighted by molar-refractivity contribution is -0.140. The standard InChI is InChI=1S/C22H20ClF3N4O2/c23-13-1-6-17-16(10-13)18(11-19(30-17)22(24,25)26)28-14-2-4-15(5-3-14)29-21(32)12-7-8-27-20(31)9-12/h1,6-8,10-11,14-15H,2-5,9H2,(H,28,30)(H,29,32)/t14-,15+. The van der Waals surface area contributed by atoms with Crippen LogP contribution < -0.4 is 10.6 Å². The quantitative estimate of drug-likeness (QED) is 0.688. The largest absolute Gasteiger partial charge is 0.433 e. The van der Waals surface area contributed by atoms with Gasteiger partial charge in [-0.3, -0.25) is 9.59 Å². The van der Waals surface area contributed by atoms with Crippen molar-refractivity contribution in [1.82, 2.24) is 10.3 Å². The van der Waals surface area contributed by atoms with E-state index in [9.17, 15) is 22.8 Å². The number of benzene rings is 1. The number of aliphatic imine (C=N–C) groups is 1. The van der Waals surface area contributed by atoms with Gasteiger partial charge in [-0.25, -0.2) is 9.98 Å². The Bertz CT molecular complexity index is 1120. The zero-order valence-electron chi connectivity index (χ0n) is 16.9. The van der Waals surface area contributed by atoms with Crippen molar-refractivity contribution in [3.63, 3.8) is 0 Å². The van der Waals surface area contributed by atoms with Gasteiger partial charge in [-0.05, 0) is 56.0 Å². The molecule has 1 fully saturated rings. The highest BCUT2D eigenvalue weighted by Crippen LogP contribution is 2.35. The summed E-state index contributed by atoms with van der Waals surface area (Å²) in [6.45, 7) is 0. The van der Waals surface area contributed by atoms with Crippen molar-refractivity contribution in [3.8, 4) is 0 Å². The lowest BCUT2D eigenvalue weighted by Gasteiger charge is -2.31. The third kappa shape index (κ3) is 5.09. The molecule has 2 heterocycles. The maximum absolute atomic E-state index is 13.3. The van der Waals surface area contributed by atoms with Crippen LogP contribution in [0.2, 0.25) is 5.02 Å². The molecule has 0 atom stereocenters. The van der Waals surface area contributed by atoms with Gasteiger partial charge in [0.25, 0.3) is 0 Å². The van der Waals surface area contributed by atoms with Crippen LogP contribution in [0.25, 0.3) is 10.9 Å². The molecule has 1 aliphatic heterocycles. The fourth-order valence-corrected chi connectivity index (χ4v) is 4.15. The molecule has 2 aliphatic rings. The number of hydrogen-bond donors (Lipinski definition) is 2. The molecule has 2 amide bonds. The second-order valence-electron chi connectivity index (χ2n) is 7.92. The number of dihydropyridines is 1. The first-order chi connectivity index (χ1) is 15.2. The van der Waals surface area contributed by atoms with Gasteiger partial charge in [-0.15, -0.1) is 0 Å². The molecule has 4 rings (SSSR count). The molecule has 1 aliphatic carbocycles. The molecule has 32 heavy (non-hydrogen) atoms. The summed E-state index contributed by atoms with van der Waals surface area (Å²) in [5, 5.41) is 7.09. The van der Waals surface area contributed by atoms with Crippen LogP contribution in [0.5, 0.6) is 0 Å². The molecule has 2 aromatic rings. The molecule has 0 unspecified atom stereocenters. The highest BCUT2D eigenvalue weighted by Gasteiger charge is 2.34. The van der Waals surface area contributed by atoms with Gasteiger partial charge in [0.05, 0.1) is 11.9 Å². The molecular formula is C22H20ClF3N4O2. The summed E-state index contributed by atoms with van der Waals surface area (Å²) in [4.78, 5) is 31.1. The maximum Gasteiger partial charge on any atom is 0.433 e. The molecule has 1 saturated carbocycles. The van der Waals surface area contributed by atoms with Crippen LogP contribution in [0.4, 0.5) is 18.9 Å². The maximum atomic E-state index is 13.3. The molecule has 0 radical (unpaired) electrons. The van der Waals surface area contributed by atoms with Gasteiger partial charge in [0.15, 0.2) is 0 Å². The highest BCUT2D eigenvalue weighted by molar-refractivity contribution is 6.31. The van der Waals surface area contributed by atoms with E-state index in [0.717, 1.165) is 6.07 Å². The van der Waals surface area contributed by atoms with E-state index in [1.165, 1.54) is 24.4 Å². The Hall–Kier alpha value is -2.94. The van der Waals surface area contributed by atoms with E-state index in [4.69, 9.17) is 11.6 Å². The van der Waals surface area contributed by atoms with Gasteiger partial charge >= 0.3 is 6.18 Å². The summed E-state index contributed by atoms with van der Waals surface area (Å²) in [6.07, 6.45) is 0.921. The van der Waals surface area contributed by atoms with Gasteiger partial charge in [-0.2, -0.15) is 13.2 Å². The Labute approximate surface area is 186 Å². The molecule has 10 heteroatoms. The number of nitrogens with one attached hydrogen (secondary N) is 2. The minimum atomic E-state index is -4.56. The third-order valence-electron chi connectivity index (χ3n) is 5.61. The van der Waals surface area contributed by atoms with Crippen molar-refractivity contribution in [2.45, 2.75) is 50.4 Å². The number of hydrogen-bond acceptors (Lipinski definition) is 4. The Balaban J connectivity index is 1.43. The molecule has 0 bridgehead atoms. The van der Waals surface area contributed by atoms with E-state index in [1.54, 1.807) is 6.07 Å². The van der Waals surface area contributed by atoms with Gasteiger partial charge in [-0.1, -0.05) is 11.6 Å². The van der Waals surface area contributed by atoms with Gasteiger partial charge in [0, 0.05) is 40.0 Å². The third-order valence-corrected chi connectivity index (χ3v) is 5.85. The summed E-state index contributed by atoms with van der Waals surface area (Å²) in [5.41, 5.74) is -0.0336. The highest BCUT2D eigenvalue weighted by atomic mass is 35.5. The Morgan fingerprint density at radius 2 is 1.81 bits per heavy atom. The monoisotopic (exact) mass is 464 g/mol. The number of carbonyl (C=O) groups excluding carboxylic acids is 2. The van der Waals surface area contributed by atoms with Crippen molar-refractivity contribution in [2.75, 3.05) is 5.32 Å². The summed E-state index contributed by atoms with van der Waals surface area (Å²) < 4.78 is 39.9. The van der Waals surface area contributed by atoms with E-state index in [0.29, 0.717) is 47.4 Å². The SMILES string of the molecule is O=C1CC(C(=O)N[C@H]2CC[C@@H](Nc3cc(C(F)(F)F)nc4ccc(Cl)cc34)CC2)=CC=N1. The van der Waals surface area contributed by atoms with Crippen molar-refractivity contribution in [3.05, 3.63) is 46.6 Å².